The van der Waals surface area contributed by atoms with Gasteiger partial charge in [0.05, 0.1) is 26.2 Å². The topological polar surface area (TPSA) is 97.0 Å². The van der Waals surface area contributed by atoms with Gasteiger partial charge in [0, 0.05) is 18.8 Å². The van der Waals surface area contributed by atoms with Crippen LogP contribution in [0.3, 0.4) is 0 Å². The van der Waals surface area contributed by atoms with Crippen molar-refractivity contribution < 1.29 is 23.9 Å². The van der Waals surface area contributed by atoms with Gasteiger partial charge in [0.15, 0.2) is 0 Å². The summed E-state index contributed by atoms with van der Waals surface area (Å²) in [6.45, 7) is 5.73. The second-order valence-corrected chi connectivity index (χ2v) is 9.07. The molecule has 2 aromatic carbocycles. The van der Waals surface area contributed by atoms with E-state index in [9.17, 15) is 14.4 Å². The summed E-state index contributed by atoms with van der Waals surface area (Å²) < 4.78 is 11.0. The van der Waals surface area contributed by atoms with Gasteiger partial charge in [0.2, 0.25) is 11.8 Å². The molecule has 35 heavy (non-hydrogen) atoms. The Morgan fingerprint density at radius 1 is 1.11 bits per heavy atom. The minimum absolute atomic E-state index is 0.00723. The first kappa shape index (κ1) is 26.2. The third-order valence-electron chi connectivity index (χ3n) is 5.59. The van der Waals surface area contributed by atoms with Gasteiger partial charge in [-0.3, -0.25) is 19.3 Å². The molecule has 0 aromatic heterocycles. The fourth-order valence-corrected chi connectivity index (χ4v) is 3.78. The molecule has 2 N–H and O–H groups in total. The number of esters is 1. The van der Waals surface area contributed by atoms with E-state index < -0.39 is 12.0 Å². The molecule has 3 rings (SSSR count). The van der Waals surface area contributed by atoms with Gasteiger partial charge in [0.25, 0.3) is 0 Å². The molecule has 0 radical (unpaired) electrons. The number of anilines is 1. The molecule has 1 unspecified atom stereocenters. The zero-order valence-electron chi connectivity index (χ0n) is 20.5. The Balaban J connectivity index is 1.44. The highest BCUT2D eigenvalue weighted by Crippen LogP contribution is 2.17. The van der Waals surface area contributed by atoms with Crippen LogP contribution in [0, 0.1) is 5.92 Å². The first-order valence-electron chi connectivity index (χ1n) is 12.1. The summed E-state index contributed by atoms with van der Waals surface area (Å²) in [5.74, 6) is -0.00238. The number of rotatable bonds is 12. The van der Waals surface area contributed by atoms with E-state index in [0.29, 0.717) is 32.0 Å². The van der Waals surface area contributed by atoms with Crippen LogP contribution in [0.4, 0.5) is 5.69 Å². The number of amides is 2. The number of nitrogens with one attached hydrogen (secondary N) is 2. The third kappa shape index (κ3) is 9.05. The van der Waals surface area contributed by atoms with Gasteiger partial charge in [-0.05, 0) is 48.6 Å². The average molecular weight is 482 g/mol. The minimum Gasteiger partial charge on any atom is -0.494 e. The van der Waals surface area contributed by atoms with E-state index in [4.69, 9.17) is 9.47 Å². The zero-order chi connectivity index (χ0) is 25.0. The van der Waals surface area contributed by atoms with E-state index in [1.807, 2.05) is 44.2 Å². The Hall–Kier alpha value is -3.39. The van der Waals surface area contributed by atoms with Crippen LogP contribution >= 0.6 is 0 Å². The lowest BCUT2D eigenvalue weighted by atomic mass is 10.1. The number of carbonyl (C=O) groups is 3. The molecule has 1 atom stereocenters. The van der Waals surface area contributed by atoms with Crippen LogP contribution in [0.2, 0.25) is 0 Å². The Bertz CT molecular complexity index is 963. The molecular weight excluding hydrogens is 446 g/mol. The number of piperazine rings is 1. The lowest BCUT2D eigenvalue weighted by Gasteiger charge is -2.33. The lowest BCUT2D eigenvalue weighted by molar-refractivity contribution is -0.149. The molecule has 2 aromatic rings. The quantitative estimate of drug-likeness (QED) is 0.357. The normalized spacial score (nSPS) is 16.0. The summed E-state index contributed by atoms with van der Waals surface area (Å²) in [5.41, 5.74) is 1.93. The molecule has 8 nitrogen and oxygen atoms in total. The fraction of sp³-hybridized carbons (Fsp3) is 0.444. The third-order valence-corrected chi connectivity index (χ3v) is 5.59. The molecule has 8 heteroatoms. The maximum Gasteiger partial charge on any atom is 0.307 e. The Kier molecular flexibility index (Phi) is 10.1. The van der Waals surface area contributed by atoms with Crippen molar-refractivity contribution in [2.24, 2.45) is 5.92 Å². The average Bonchev–Trinajstić information content (AvgIpc) is 2.84. The fourth-order valence-electron chi connectivity index (χ4n) is 3.78. The molecule has 0 spiro atoms. The summed E-state index contributed by atoms with van der Waals surface area (Å²) in [6.07, 6.45) is 1.79. The summed E-state index contributed by atoms with van der Waals surface area (Å²) in [4.78, 5) is 38.8. The molecule has 0 aliphatic carbocycles. The number of nitrogens with zero attached hydrogens (tertiary/aromatic N) is 1. The Labute approximate surface area is 207 Å². The van der Waals surface area contributed by atoms with Crippen molar-refractivity contribution in [2.75, 3.05) is 38.2 Å². The molecule has 0 bridgehead atoms. The lowest BCUT2D eigenvalue weighted by Crippen LogP contribution is -2.57. The van der Waals surface area contributed by atoms with Crippen LogP contribution < -0.4 is 15.4 Å². The second-order valence-electron chi connectivity index (χ2n) is 9.07. The highest BCUT2D eigenvalue weighted by molar-refractivity contribution is 5.93. The van der Waals surface area contributed by atoms with Crippen molar-refractivity contribution in [3.8, 4) is 5.75 Å². The number of aryl methyl sites for hydroxylation is 1. The zero-order valence-corrected chi connectivity index (χ0v) is 20.5. The predicted molar refractivity (Wildman–Crippen MR) is 134 cm³/mol. The van der Waals surface area contributed by atoms with Crippen molar-refractivity contribution in [3.05, 3.63) is 60.2 Å². The SMILES string of the molecule is CC(C)COC(=O)CC1C(=O)NCCN1CC(=O)Nc1ccc(OCCCc2ccccc2)cc1. The molecule has 1 aliphatic heterocycles. The first-order valence-corrected chi connectivity index (χ1v) is 12.1. The van der Waals surface area contributed by atoms with Crippen molar-refractivity contribution in [2.45, 2.75) is 39.2 Å². The Morgan fingerprint density at radius 2 is 1.86 bits per heavy atom. The van der Waals surface area contributed by atoms with Crippen LogP contribution in [0.1, 0.15) is 32.3 Å². The van der Waals surface area contributed by atoms with E-state index >= 15 is 0 Å². The number of hydrogen-bond acceptors (Lipinski definition) is 6. The molecule has 1 aliphatic rings. The van der Waals surface area contributed by atoms with E-state index in [-0.39, 0.29) is 30.7 Å². The van der Waals surface area contributed by atoms with Crippen molar-refractivity contribution in [1.82, 2.24) is 10.2 Å². The second kappa shape index (κ2) is 13.5. The van der Waals surface area contributed by atoms with Crippen LogP contribution in [0.15, 0.2) is 54.6 Å². The smallest absolute Gasteiger partial charge is 0.307 e. The van der Waals surface area contributed by atoms with Gasteiger partial charge < -0.3 is 20.1 Å². The highest BCUT2D eigenvalue weighted by Gasteiger charge is 2.33. The number of carbonyl (C=O) groups excluding carboxylic acids is 3. The maximum atomic E-state index is 12.6. The Morgan fingerprint density at radius 3 is 2.57 bits per heavy atom. The van der Waals surface area contributed by atoms with Gasteiger partial charge in [-0.25, -0.2) is 0 Å². The summed E-state index contributed by atoms with van der Waals surface area (Å²) in [6, 6.07) is 16.8. The van der Waals surface area contributed by atoms with Crippen LogP contribution in [-0.2, 0) is 25.5 Å². The van der Waals surface area contributed by atoms with Crippen LogP contribution in [0.25, 0.3) is 0 Å². The minimum atomic E-state index is -0.721. The highest BCUT2D eigenvalue weighted by atomic mass is 16.5. The van der Waals surface area contributed by atoms with E-state index in [0.717, 1.165) is 18.6 Å². The van der Waals surface area contributed by atoms with Crippen molar-refractivity contribution >= 4 is 23.5 Å². The van der Waals surface area contributed by atoms with Crippen LogP contribution in [-0.4, -0.2) is 61.6 Å². The predicted octanol–water partition coefficient (Wildman–Crippen LogP) is 3.03. The van der Waals surface area contributed by atoms with Gasteiger partial charge in [0.1, 0.15) is 11.8 Å². The molecular formula is C27H35N3O5. The van der Waals surface area contributed by atoms with E-state index in [1.54, 1.807) is 17.0 Å². The number of ether oxygens (including phenoxy) is 2. The molecule has 0 saturated carbocycles. The standard InChI is InChI=1S/C27H35N3O5/c1-20(2)19-35-26(32)17-24-27(33)28-14-15-30(24)18-25(31)29-22-10-12-23(13-11-22)34-16-6-9-21-7-4-3-5-8-21/h3-5,7-8,10-13,20,24H,6,9,14-19H2,1-2H3,(H,28,33)(H,29,31). The number of hydrogen-bond donors (Lipinski definition) is 2. The van der Waals surface area contributed by atoms with Crippen molar-refractivity contribution in [3.63, 3.8) is 0 Å². The van der Waals surface area contributed by atoms with Gasteiger partial charge in [-0.2, -0.15) is 0 Å². The summed E-state index contributed by atoms with van der Waals surface area (Å²) >= 11 is 0. The van der Waals surface area contributed by atoms with Gasteiger partial charge in [-0.1, -0.05) is 44.2 Å². The molecule has 2 amide bonds. The summed E-state index contributed by atoms with van der Waals surface area (Å²) in [7, 11) is 0. The molecule has 1 heterocycles. The van der Waals surface area contributed by atoms with Gasteiger partial charge in [-0.15, -0.1) is 0 Å². The summed E-state index contributed by atoms with van der Waals surface area (Å²) in [5, 5.41) is 5.61. The van der Waals surface area contributed by atoms with E-state index in [2.05, 4.69) is 22.8 Å². The van der Waals surface area contributed by atoms with E-state index in [1.165, 1.54) is 5.56 Å². The largest absolute Gasteiger partial charge is 0.494 e. The molecule has 1 saturated heterocycles. The maximum absolute atomic E-state index is 12.6. The molecule has 1 fully saturated rings. The number of benzene rings is 2. The first-order chi connectivity index (χ1) is 16.9. The molecule has 188 valence electrons. The van der Waals surface area contributed by atoms with Gasteiger partial charge >= 0.3 is 5.97 Å². The monoisotopic (exact) mass is 481 g/mol. The van der Waals surface area contributed by atoms with Crippen molar-refractivity contribution in [1.29, 1.82) is 0 Å². The van der Waals surface area contributed by atoms with Crippen LogP contribution in [0.5, 0.6) is 5.75 Å².